The van der Waals surface area contributed by atoms with Crippen LogP contribution in [-0.2, 0) is 4.79 Å². The lowest BCUT2D eigenvalue weighted by Crippen LogP contribution is -2.23. The first kappa shape index (κ1) is 12.6. The van der Waals surface area contributed by atoms with Gasteiger partial charge in [0.1, 0.15) is 5.82 Å². The summed E-state index contributed by atoms with van der Waals surface area (Å²) in [5, 5.41) is 2.58. The smallest absolute Gasteiger partial charge is 0.221 e. The van der Waals surface area contributed by atoms with E-state index in [1.165, 1.54) is 23.9 Å². The Balaban J connectivity index is 2.23. The summed E-state index contributed by atoms with van der Waals surface area (Å²) >= 11 is 1.51. The Bertz CT molecular complexity index is 383. The van der Waals surface area contributed by atoms with Gasteiger partial charge in [0.2, 0.25) is 5.91 Å². The number of carbonyl (C=O) groups is 1. The van der Waals surface area contributed by atoms with Crippen LogP contribution in [0.2, 0.25) is 0 Å². The van der Waals surface area contributed by atoms with Crippen molar-refractivity contribution in [2.45, 2.75) is 11.3 Å². The Labute approximate surface area is 98.6 Å². The van der Waals surface area contributed by atoms with Crippen molar-refractivity contribution in [1.29, 1.82) is 0 Å². The van der Waals surface area contributed by atoms with Gasteiger partial charge in [-0.15, -0.1) is 18.2 Å². The molecule has 2 nitrogen and oxygen atoms in total. The molecule has 0 aliphatic carbocycles. The van der Waals surface area contributed by atoms with Crippen molar-refractivity contribution in [2.24, 2.45) is 0 Å². The van der Waals surface area contributed by atoms with Gasteiger partial charge in [0.25, 0.3) is 0 Å². The highest BCUT2D eigenvalue weighted by molar-refractivity contribution is 7.99. The quantitative estimate of drug-likeness (QED) is 0.627. The average Bonchev–Trinajstić information content (AvgIpc) is 2.29. The molecule has 1 aromatic rings. The van der Waals surface area contributed by atoms with Gasteiger partial charge in [-0.05, 0) is 24.3 Å². The minimum absolute atomic E-state index is 0.0624. The van der Waals surface area contributed by atoms with Crippen molar-refractivity contribution < 1.29 is 9.18 Å². The molecule has 0 aromatic heterocycles. The molecule has 0 bridgehead atoms. The predicted molar refractivity (Wildman–Crippen MR) is 63.6 cm³/mol. The summed E-state index contributed by atoms with van der Waals surface area (Å²) in [6, 6.07) is 6.19. The minimum atomic E-state index is -0.254. The Morgan fingerprint density at radius 3 is 2.75 bits per heavy atom. The number of hydrogen-bond acceptors (Lipinski definition) is 2. The van der Waals surface area contributed by atoms with Gasteiger partial charge in [0, 0.05) is 17.1 Å². The lowest BCUT2D eigenvalue weighted by Gasteiger charge is -2.02. The highest BCUT2D eigenvalue weighted by Crippen LogP contribution is 2.18. The summed E-state index contributed by atoms with van der Waals surface area (Å²) in [6.45, 7) is 0.264. The highest BCUT2D eigenvalue weighted by Gasteiger charge is 2.00. The van der Waals surface area contributed by atoms with Crippen LogP contribution in [0, 0.1) is 18.2 Å². The van der Waals surface area contributed by atoms with Crippen LogP contribution in [0.5, 0.6) is 0 Å². The van der Waals surface area contributed by atoms with E-state index in [0.717, 1.165) is 4.90 Å². The molecule has 0 heterocycles. The maximum Gasteiger partial charge on any atom is 0.221 e. The van der Waals surface area contributed by atoms with Crippen LogP contribution in [0.25, 0.3) is 0 Å². The molecule has 16 heavy (non-hydrogen) atoms. The van der Waals surface area contributed by atoms with Crippen LogP contribution < -0.4 is 5.32 Å². The number of carbonyl (C=O) groups excluding carboxylic acids is 1. The molecule has 0 fully saturated rings. The molecule has 0 unspecified atom stereocenters. The Morgan fingerprint density at radius 1 is 1.44 bits per heavy atom. The Kier molecular flexibility index (Phi) is 5.44. The summed E-state index contributed by atoms with van der Waals surface area (Å²) in [5.41, 5.74) is 0. The third kappa shape index (κ3) is 4.85. The largest absolute Gasteiger partial charge is 0.345 e. The number of nitrogens with one attached hydrogen (secondary N) is 1. The molecule has 1 N–H and O–H groups in total. The number of benzene rings is 1. The molecule has 84 valence electrons. The predicted octanol–water partition coefficient (Wildman–Crippen LogP) is 2.06. The van der Waals surface area contributed by atoms with E-state index in [9.17, 15) is 9.18 Å². The number of terminal acetylenes is 1. The van der Waals surface area contributed by atoms with Crippen LogP contribution in [0.1, 0.15) is 6.42 Å². The van der Waals surface area contributed by atoms with Gasteiger partial charge in [-0.3, -0.25) is 4.79 Å². The molecular weight excluding hydrogens is 225 g/mol. The van der Waals surface area contributed by atoms with E-state index in [4.69, 9.17) is 6.42 Å². The molecule has 0 aliphatic heterocycles. The van der Waals surface area contributed by atoms with E-state index in [-0.39, 0.29) is 18.3 Å². The summed E-state index contributed by atoms with van der Waals surface area (Å²) < 4.78 is 12.6. The molecule has 0 atom stereocenters. The first-order valence-corrected chi connectivity index (χ1v) is 5.79. The molecular formula is C12H12FNOS. The van der Waals surface area contributed by atoms with Crippen LogP contribution in [0.4, 0.5) is 4.39 Å². The second-order valence-corrected chi connectivity index (χ2v) is 4.20. The minimum Gasteiger partial charge on any atom is -0.345 e. The van der Waals surface area contributed by atoms with E-state index < -0.39 is 0 Å². The van der Waals surface area contributed by atoms with Gasteiger partial charge in [-0.2, -0.15) is 0 Å². The standard InChI is InChI=1S/C12H12FNOS/c1-2-8-14-12(15)7-9-16-11-5-3-10(13)4-6-11/h1,3-6H,7-9H2,(H,14,15). The number of rotatable bonds is 5. The number of thioether (sulfide) groups is 1. The van der Waals surface area contributed by atoms with Gasteiger partial charge >= 0.3 is 0 Å². The molecule has 1 aromatic carbocycles. The van der Waals surface area contributed by atoms with Crippen molar-refractivity contribution >= 4 is 17.7 Å². The van der Waals surface area contributed by atoms with Crippen molar-refractivity contribution in [3.63, 3.8) is 0 Å². The number of halogens is 1. The first-order chi connectivity index (χ1) is 7.72. The highest BCUT2D eigenvalue weighted by atomic mass is 32.2. The molecule has 0 saturated carbocycles. The monoisotopic (exact) mass is 237 g/mol. The molecule has 0 spiro atoms. The summed E-state index contributed by atoms with van der Waals surface area (Å²) in [4.78, 5) is 12.1. The third-order valence-corrected chi connectivity index (χ3v) is 2.81. The molecule has 0 saturated heterocycles. The fourth-order valence-corrected chi connectivity index (χ4v) is 1.88. The van der Waals surface area contributed by atoms with Crippen LogP contribution >= 0.6 is 11.8 Å². The van der Waals surface area contributed by atoms with E-state index in [0.29, 0.717) is 12.2 Å². The summed E-state index contributed by atoms with van der Waals surface area (Å²) in [7, 11) is 0. The van der Waals surface area contributed by atoms with Crippen LogP contribution in [0.3, 0.4) is 0 Å². The Morgan fingerprint density at radius 2 is 2.12 bits per heavy atom. The average molecular weight is 237 g/mol. The first-order valence-electron chi connectivity index (χ1n) is 4.81. The van der Waals surface area contributed by atoms with E-state index in [1.54, 1.807) is 12.1 Å². The second-order valence-electron chi connectivity index (χ2n) is 3.03. The van der Waals surface area contributed by atoms with Gasteiger partial charge in [0.05, 0.1) is 6.54 Å². The summed E-state index contributed by atoms with van der Waals surface area (Å²) in [6.07, 6.45) is 5.41. The van der Waals surface area contributed by atoms with Gasteiger partial charge in [-0.1, -0.05) is 5.92 Å². The van der Waals surface area contributed by atoms with E-state index >= 15 is 0 Å². The lowest BCUT2D eigenvalue weighted by atomic mass is 10.4. The van der Waals surface area contributed by atoms with E-state index in [2.05, 4.69) is 11.2 Å². The molecule has 4 heteroatoms. The maximum absolute atomic E-state index is 12.6. The van der Waals surface area contributed by atoms with Crippen molar-refractivity contribution in [2.75, 3.05) is 12.3 Å². The molecule has 0 aliphatic rings. The number of hydrogen-bond donors (Lipinski definition) is 1. The molecule has 1 amide bonds. The molecule has 0 radical (unpaired) electrons. The van der Waals surface area contributed by atoms with Gasteiger partial charge < -0.3 is 5.32 Å². The fourth-order valence-electron chi connectivity index (χ4n) is 1.03. The zero-order chi connectivity index (χ0) is 11.8. The van der Waals surface area contributed by atoms with Crippen LogP contribution in [0.15, 0.2) is 29.2 Å². The zero-order valence-corrected chi connectivity index (χ0v) is 9.52. The normalized spacial score (nSPS) is 9.50. The maximum atomic E-state index is 12.6. The summed E-state index contributed by atoms with van der Waals surface area (Å²) in [5.74, 6) is 2.67. The lowest BCUT2D eigenvalue weighted by molar-refractivity contribution is -0.120. The fraction of sp³-hybridized carbons (Fsp3) is 0.250. The van der Waals surface area contributed by atoms with Gasteiger partial charge in [0.15, 0.2) is 0 Å². The second kappa shape index (κ2) is 6.91. The SMILES string of the molecule is C#CCNC(=O)CCSc1ccc(F)cc1. The third-order valence-electron chi connectivity index (χ3n) is 1.80. The zero-order valence-electron chi connectivity index (χ0n) is 8.70. The van der Waals surface area contributed by atoms with E-state index in [1.807, 2.05) is 0 Å². The van der Waals surface area contributed by atoms with Crippen molar-refractivity contribution in [1.82, 2.24) is 5.32 Å². The van der Waals surface area contributed by atoms with Gasteiger partial charge in [-0.25, -0.2) is 4.39 Å². The van der Waals surface area contributed by atoms with Crippen LogP contribution in [-0.4, -0.2) is 18.2 Å². The topological polar surface area (TPSA) is 29.1 Å². The molecule has 1 rings (SSSR count). The van der Waals surface area contributed by atoms with Crippen molar-refractivity contribution in [3.8, 4) is 12.3 Å². The van der Waals surface area contributed by atoms with Crippen molar-refractivity contribution in [3.05, 3.63) is 30.1 Å². The Hall–Kier alpha value is -1.47. The number of amides is 1.